The first-order chi connectivity index (χ1) is 13.1. The molecule has 2 aromatic carbocycles. The van der Waals surface area contributed by atoms with Crippen LogP contribution in [0.3, 0.4) is 0 Å². The quantitative estimate of drug-likeness (QED) is 0.718. The van der Waals surface area contributed by atoms with Crippen molar-refractivity contribution in [1.82, 2.24) is 10.2 Å². The fourth-order valence-corrected chi connectivity index (χ4v) is 3.45. The van der Waals surface area contributed by atoms with Crippen LogP contribution in [0.5, 0.6) is 5.75 Å². The van der Waals surface area contributed by atoms with Gasteiger partial charge in [-0.1, -0.05) is 24.3 Å². The molecular weight excluding hydrogens is 350 g/mol. The van der Waals surface area contributed by atoms with Gasteiger partial charge >= 0.3 is 0 Å². The topological polar surface area (TPSA) is 41.6 Å². The maximum absolute atomic E-state index is 13.9. The molecule has 0 bridgehead atoms. The molecule has 1 N–H and O–H groups in total. The van der Waals surface area contributed by atoms with Gasteiger partial charge in [-0.05, 0) is 43.1 Å². The maximum Gasteiger partial charge on any atom is 0.223 e. The number of methoxy groups -OCH3 is 1. The summed E-state index contributed by atoms with van der Waals surface area (Å²) in [4.78, 5) is 13.9. The van der Waals surface area contributed by atoms with Crippen LogP contribution >= 0.6 is 0 Å². The van der Waals surface area contributed by atoms with Crippen molar-refractivity contribution in [3.63, 3.8) is 0 Å². The molecule has 0 aliphatic carbocycles. The van der Waals surface area contributed by atoms with Gasteiger partial charge in [0.05, 0.1) is 7.11 Å². The molecule has 3 rings (SSSR count). The Morgan fingerprint density at radius 3 is 2.85 bits per heavy atom. The molecule has 1 saturated heterocycles. The van der Waals surface area contributed by atoms with Gasteiger partial charge < -0.3 is 15.0 Å². The Morgan fingerprint density at radius 1 is 1.22 bits per heavy atom. The van der Waals surface area contributed by atoms with Gasteiger partial charge in [-0.15, -0.1) is 0 Å². The molecule has 1 aliphatic heterocycles. The van der Waals surface area contributed by atoms with Crippen LogP contribution in [0.4, 0.5) is 8.78 Å². The average molecular weight is 374 g/mol. The highest BCUT2D eigenvalue weighted by molar-refractivity contribution is 5.78. The highest BCUT2D eigenvalue weighted by Crippen LogP contribution is 2.25. The molecule has 0 aromatic heterocycles. The number of carbonyl (C=O) groups is 1. The van der Waals surface area contributed by atoms with E-state index in [1.807, 2.05) is 24.3 Å². The summed E-state index contributed by atoms with van der Waals surface area (Å²) in [5.41, 5.74) is 1.34. The Balaban J connectivity index is 1.52. The van der Waals surface area contributed by atoms with Crippen LogP contribution in [0.2, 0.25) is 0 Å². The van der Waals surface area contributed by atoms with E-state index in [9.17, 15) is 13.6 Å². The van der Waals surface area contributed by atoms with Crippen molar-refractivity contribution in [2.24, 2.45) is 0 Å². The number of ether oxygens (including phenoxy) is 1. The molecule has 1 amide bonds. The summed E-state index contributed by atoms with van der Waals surface area (Å²) in [5.74, 6) is -0.932. The van der Waals surface area contributed by atoms with Crippen LogP contribution in [0.1, 0.15) is 30.4 Å². The minimum absolute atomic E-state index is 0.00328. The van der Waals surface area contributed by atoms with Crippen LogP contribution in [0, 0.1) is 11.6 Å². The van der Waals surface area contributed by atoms with E-state index >= 15 is 0 Å². The zero-order chi connectivity index (χ0) is 19.2. The lowest BCUT2D eigenvalue weighted by Crippen LogP contribution is -2.35. The monoisotopic (exact) mass is 374 g/mol. The third-order valence-electron chi connectivity index (χ3n) is 4.94. The fourth-order valence-electron chi connectivity index (χ4n) is 3.45. The third-order valence-corrected chi connectivity index (χ3v) is 4.94. The van der Waals surface area contributed by atoms with Crippen LogP contribution < -0.4 is 10.1 Å². The molecule has 0 saturated carbocycles. The third kappa shape index (κ3) is 4.83. The Labute approximate surface area is 158 Å². The molecule has 1 heterocycles. The van der Waals surface area contributed by atoms with Gasteiger partial charge in [-0.3, -0.25) is 4.79 Å². The number of rotatable bonds is 8. The molecule has 2 aromatic rings. The number of benzene rings is 2. The minimum atomic E-state index is -0.879. The van der Waals surface area contributed by atoms with Gasteiger partial charge in [0.1, 0.15) is 5.75 Å². The van der Waals surface area contributed by atoms with Crippen LogP contribution in [-0.2, 0) is 17.9 Å². The average Bonchev–Trinajstić information content (AvgIpc) is 3.02. The lowest BCUT2D eigenvalue weighted by Gasteiger charge is -2.25. The second-order valence-corrected chi connectivity index (χ2v) is 6.74. The predicted octanol–water partition coefficient (Wildman–Crippen LogP) is 3.64. The second kappa shape index (κ2) is 8.95. The van der Waals surface area contributed by atoms with Crippen molar-refractivity contribution in [1.29, 1.82) is 0 Å². The van der Waals surface area contributed by atoms with E-state index in [1.54, 1.807) is 12.0 Å². The predicted molar refractivity (Wildman–Crippen MR) is 99.2 cm³/mol. The summed E-state index contributed by atoms with van der Waals surface area (Å²) in [6.45, 7) is 1.55. The number of nitrogens with zero attached hydrogens (tertiary/aromatic N) is 1. The van der Waals surface area contributed by atoms with Crippen molar-refractivity contribution in [2.75, 3.05) is 13.7 Å². The van der Waals surface area contributed by atoms with Gasteiger partial charge in [0.2, 0.25) is 5.91 Å². The van der Waals surface area contributed by atoms with Gasteiger partial charge in [-0.2, -0.15) is 0 Å². The van der Waals surface area contributed by atoms with Crippen molar-refractivity contribution in [3.05, 3.63) is 65.2 Å². The Morgan fingerprint density at radius 2 is 2.04 bits per heavy atom. The molecule has 1 atom stereocenters. The number of nitrogens with one attached hydrogen (secondary N) is 1. The number of amides is 1. The van der Waals surface area contributed by atoms with Crippen molar-refractivity contribution in [2.45, 2.75) is 38.4 Å². The highest BCUT2D eigenvalue weighted by atomic mass is 19.2. The van der Waals surface area contributed by atoms with E-state index in [4.69, 9.17) is 4.74 Å². The normalized spacial score (nSPS) is 16.8. The van der Waals surface area contributed by atoms with Gasteiger partial charge in [-0.25, -0.2) is 8.78 Å². The van der Waals surface area contributed by atoms with Crippen LogP contribution in [0.15, 0.2) is 42.5 Å². The summed E-state index contributed by atoms with van der Waals surface area (Å²) in [6.07, 6.45) is 1.97. The first-order valence-corrected chi connectivity index (χ1v) is 9.14. The zero-order valence-electron chi connectivity index (χ0n) is 15.4. The summed E-state index contributed by atoms with van der Waals surface area (Å²) in [6, 6.07) is 12.0. The molecule has 0 spiro atoms. The summed E-state index contributed by atoms with van der Waals surface area (Å²) in [7, 11) is 1.64. The standard InChI is InChI=1S/C21H24F2N2O2/c1-27-18-6-2-4-15(12-18)13-24-11-10-17-8-9-20(26)25(17)14-16-5-3-7-19(22)21(16)23/h2-7,12,17,24H,8-11,13-14H2,1H3/t17-/m0/s1. The van der Waals surface area contributed by atoms with E-state index < -0.39 is 11.6 Å². The first-order valence-electron chi connectivity index (χ1n) is 9.14. The molecule has 144 valence electrons. The number of carbonyl (C=O) groups excluding carboxylic acids is 1. The second-order valence-electron chi connectivity index (χ2n) is 6.74. The van der Waals surface area contributed by atoms with E-state index in [-0.39, 0.29) is 24.1 Å². The van der Waals surface area contributed by atoms with Gasteiger partial charge in [0.15, 0.2) is 11.6 Å². The first kappa shape index (κ1) is 19.3. The van der Waals surface area contributed by atoms with Crippen molar-refractivity contribution < 1.29 is 18.3 Å². The highest BCUT2D eigenvalue weighted by Gasteiger charge is 2.31. The van der Waals surface area contributed by atoms with E-state index in [1.165, 1.54) is 12.1 Å². The molecular formula is C21H24F2N2O2. The zero-order valence-corrected chi connectivity index (χ0v) is 15.4. The lowest BCUT2D eigenvalue weighted by molar-refractivity contribution is -0.129. The van der Waals surface area contributed by atoms with Gasteiger partial charge in [0, 0.05) is 31.1 Å². The molecule has 1 fully saturated rings. The summed E-state index contributed by atoms with van der Waals surface area (Å²) >= 11 is 0. The van der Waals surface area contributed by atoms with Crippen LogP contribution in [0.25, 0.3) is 0 Å². The smallest absolute Gasteiger partial charge is 0.223 e. The Bertz CT molecular complexity index is 798. The molecule has 27 heavy (non-hydrogen) atoms. The lowest BCUT2D eigenvalue weighted by atomic mass is 10.1. The van der Waals surface area contributed by atoms with Gasteiger partial charge in [0.25, 0.3) is 0 Å². The number of likely N-dealkylation sites (tertiary alicyclic amines) is 1. The number of halogens is 2. The number of hydrogen-bond acceptors (Lipinski definition) is 3. The Kier molecular flexibility index (Phi) is 6.40. The molecule has 4 nitrogen and oxygen atoms in total. The fraction of sp³-hybridized carbons (Fsp3) is 0.381. The Hall–Kier alpha value is -2.47. The summed E-state index contributed by atoms with van der Waals surface area (Å²) < 4.78 is 32.6. The molecule has 6 heteroatoms. The van der Waals surface area contributed by atoms with E-state index in [0.29, 0.717) is 13.0 Å². The molecule has 1 aliphatic rings. The van der Waals surface area contributed by atoms with Crippen molar-refractivity contribution >= 4 is 5.91 Å². The summed E-state index contributed by atoms with van der Waals surface area (Å²) in [5, 5.41) is 3.37. The SMILES string of the molecule is COc1cccc(CNCC[C@@H]2CCC(=O)N2Cc2cccc(F)c2F)c1. The van der Waals surface area contributed by atoms with Crippen LogP contribution in [-0.4, -0.2) is 30.5 Å². The van der Waals surface area contributed by atoms with E-state index in [0.717, 1.165) is 36.8 Å². The minimum Gasteiger partial charge on any atom is -0.497 e. The number of hydrogen-bond donors (Lipinski definition) is 1. The van der Waals surface area contributed by atoms with Crippen molar-refractivity contribution in [3.8, 4) is 5.75 Å². The molecule has 0 radical (unpaired) electrons. The maximum atomic E-state index is 13.9. The molecule has 0 unspecified atom stereocenters. The largest absolute Gasteiger partial charge is 0.497 e. The van der Waals surface area contributed by atoms with E-state index in [2.05, 4.69) is 5.32 Å².